The van der Waals surface area contributed by atoms with Crippen molar-refractivity contribution < 1.29 is 8.42 Å². The van der Waals surface area contributed by atoms with E-state index in [0.717, 1.165) is 26.0 Å². The minimum absolute atomic E-state index is 0.239. The van der Waals surface area contributed by atoms with Crippen molar-refractivity contribution in [3.63, 3.8) is 0 Å². The van der Waals surface area contributed by atoms with Crippen LogP contribution in [0.3, 0.4) is 0 Å². The number of anilines is 1. The van der Waals surface area contributed by atoms with Crippen molar-refractivity contribution in [1.29, 1.82) is 0 Å². The number of halogens is 1. The summed E-state index contributed by atoms with van der Waals surface area (Å²) in [7, 11) is -3.61. The van der Waals surface area contributed by atoms with Gasteiger partial charge in [-0.3, -0.25) is 4.72 Å². The number of pyridine rings is 1. The summed E-state index contributed by atoms with van der Waals surface area (Å²) in [4.78, 5) is 4.90. The molecular weight excluding hydrogens is 473 g/mol. The Hall–Kier alpha value is -2.39. The van der Waals surface area contributed by atoms with Crippen LogP contribution in [0.1, 0.15) is 5.56 Å². The predicted molar refractivity (Wildman–Crippen MR) is 115 cm³/mol. The molecule has 0 aliphatic rings. The van der Waals surface area contributed by atoms with Crippen molar-refractivity contribution in [1.82, 2.24) is 9.38 Å². The van der Waals surface area contributed by atoms with Crippen LogP contribution in [-0.2, 0) is 10.0 Å². The van der Waals surface area contributed by atoms with Crippen LogP contribution in [0.2, 0.25) is 0 Å². The molecule has 0 saturated heterocycles. The van der Waals surface area contributed by atoms with E-state index in [9.17, 15) is 8.42 Å². The zero-order valence-electron chi connectivity index (χ0n) is 14.4. The Balaban J connectivity index is 1.60. The second-order valence-corrected chi connectivity index (χ2v) is 9.11. The van der Waals surface area contributed by atoms with E-state index in [4.69, 9.17) is 0 Å². The fraction of sp³-hybridized carbons (Fsp3) is 0.0500. The monoisotopic (exact) mass is 489 g/mol. The molecule has 0 fully saturated rings. The van der Waals surface area contributed by atoms with Crippen molar-refractivity contribution in [2.75, 3.05) is 4.72 Å². The van der Waals surface area contributed by atoms with Gasteiger partial charge >= 0.3 is 0 Å². The molecule has 0 spiro atoms. The zero-order valence-corrected chi connectivity index (χ0v) is 17.4. The van der Waals surface area contributed by atoms with E-state index in [0.29, 0.717) is 5.69 Å². The number of aromatic nitrogens is 2. The summed E-state index contributed by atoms with van der Waals surface area (Å²) in [6, 6.07) is 18.0. The van der Waals surface area contributed by atoms with E-state index in [1.54, 1.807) is 36.4 Å². The number of hydrogen-bond acceptors (Lipinski definition) is 3. The number of benzene rings is 2. The zero-order chi connectivity index (χ0) is 19.0. The Morgan fingerprint density at radius 1 is 1.00 bits per heavy atom. The molecule has 0 aliphatic heterocycles. The van der Waals surface area contributed by atoms with Crippen LogP contribution in [0.25, 0.3) is 16.9 Å². The third-order valence-corrected chi connectivity index (χ3v) is 6.35. The maximum atomic E-state index is 12.5. The van der Waals surface area contributed by atoms with Gasteiger partial charge in [-0.25, -0.2) is 13.4 Å². The van der Waals surface area contributed by atoms with Crippen LogP contribution < -0.4 is 4.72 Å². The van der Waals surface area contributed by atoms with Crippen molar-refractivity contribution in [2.24, 2.45) is 0 Å². The first-order chi connectivity index (χ1) is 12.9. The molecule has 4 aromatic rings. The van der Waals surface area contributed by atoms with Gasteiger partial charge in [0.2, 0.25) is 0 Å². The van der Waals surface area contributed by atoms with Crippen LogP contribution >= 0.6 is 22.6 Å². The molecule has 2 aromatic carbocycles. The molecule has 4 rings (SSSR count). The molecule has 0 unspecified atom stereocenters. The summed E-state index contributed by atoms with van der Waals surface area (Å²) in [6.45, 7) is 2.02. The lowest BCUT2D eigenvalue weighted by Gasteiger charge is -2.08. The Bertz CT molecular complexity index is 1210. The summed E-state index contributed by atoms with van der Waals surface area (Å²) in [5, 5.41) is 0. The first-order valence-corrected chi connectivity index (χ1v) is 10.8. The number of hydrogen-bond donors (Lipinski definition) is 1. The number of rotatable bonds is 4. The van der Waals surface area contributed by atoms with Gasteiger partial charge in [-0.05, 0) is 77.5 Å². The lowest BCUT2D eigenvalue weighted by atomic mass is 10.1. The van der Waals surface area contributed by atoms with Gasteiger partial charge in [-0.15, -0.1) is 0 Å². The van der Waals surface area contributed by atoms with Crippen molar-refractivity contribution in [3.05, 3.63) is 82.2 Å². The predicted octanol–water partition coefficient (Wildman–Crippen LogP) is 4.72. The number of aryl methyl sites for hydroxylation is 1. The molecule has 27 heavy (non-hydrogen) atoms. The Morgan fingerprint density at radius 2 is 1.70 bits per heavy atom. The maximum absolute atomic E-state index is 12.5. The van der Waals surface area contributed by atoms with Crippen molar-refractivity contribution in [2.45, 2.75) is 11.8 Å². The number of nitrogens with one attached hydrogen (secondary N) is 1. The fourth-order valence-electron chi connectivity index (χ4n) is 2.83. The minimum atomic E-state index is -3.61. The quantitative estimate of drug-likeness (QED) is 0.423. The van der Waals surface area contributed by atoms with Gasteiger partial charge in [0.05, 0.1) is 10.6 Å². The van der Waals surface area contributed by atoms with Gasteiger partial charge in [0.15, 0.2) is 0 Å². The number of imidazole rings is 1. The Kier molecular flexibility index (Phi) is 4.65. The smallest absolute Gasteiger partial charge is 0.261 e. The highest BCUT2D eigenvalue weighted by molar-refractivity contribution is 14.1. The second kappa shape index (κ2) is 6.97. The van der Waals surface area contributed by atoms with Gasteiger partial charge in [-0.2, -0.15) is 0 Å². The summed E-state index contributed by atoms with van der Waals surface area (Å²) >= 11 is 2.14. The number of fused-ring (bicyclic) bond motifs is 1. The Labute approximate surface area is 171 Å². The van der Waals surface area contributed by atoms with Gasteiger partial charge in [0.25, 0.3) is 10.0 Å². The van der Waals surface area contributed by atoms with Gasteiger partial charge in [-0.1, -0.05) is 18.2 Å². The molecule has 0 saturated carbocycles. The second-order valence-electron chi connectivity index (χ2n) is 6.18. The van der Waals surface area contributed by atoms with Crippen LogP contribution in [0.4, 0.5) is 5.69 Å². The van der Waals surface area contributed by atoms with E-state index >= 15 is 0 Å². The van der Waals surface area contributed by atoms with Crippen LogP contribution in [-0.4, -0.2) is 17.8 Å². The molecule has 1 N–H and O–H groups in total. The standard InChI is InChI=1S/C20H16IN3O2S/c1-14-3-2-12-24-13-19(22-20(14)24)15-4-8-17(9-5-15)23-27(25,26)18-10-6-16(21)7-11-18/h2-13,23H,1H3. The van der Waals surface area contributed by atoms with Crippen molar-refractivity contribution in [3.8, 4) is 11.3 Å². The highest BCUT2D eigenvalue weighted by atomic mass is 127. The maximum Gasteiger partial charge on any atom is 0.261 e. The average Bonchev–Trinajstić information content (AvgIpc) is 3.08. The van der Waals surface area contributed by atoms with E-state index < -0.39 is 10.0 Å². The molecule has 7 heteroatoms. The molecule has 2 heterocycles. The third kappa shape index (κ3) is 3.70. The third-order valence-electron chi connectivity index (χ3n) is 4.23. The van der Waals surface area contributed by atoms with E-state index in [1.807, 2.05) is 48.0 Å². The number of nitrogens with zero attached hydrogens (tertiary/aromatic N) is 2. The SMILES string of the molecule is Cc1cccn2cc(-c3ccc(NS(=O)(=O)c4ccc(I)cc4)cc3)nc12. The van der Waals surface area contributed by atoms with E-state index in [1.165, 1.54) is 0 Å². The first-order valence-electron chi connectivity index (χ1n) is 8.25. The summed E-state index contributed by atoms with van der Waals surface area (Å²) < 4.78 is 30.6. The topological polar surface area (TPSA) is 63.5 Å². The lowest BCUT2D eigenvalue weighted by molar-refractivity contribution is 0.601. The average molecular weight is 489 g/mol. The fourth-order valence-corrected chi connectivity index (χ4v) is 4.25. The van der Waals surface area contributed by atoms with Crippen LogP contribution in [0.5, 0.6) is 0 Å². The molecule has 2 aromatic heterocycles. The van der Waals surface area contributed by atoms with E-state index in [2.05, 4.69) is 32.3 Å². The lowest BCUT2D eigenvalue weighted by Crippen LogP contribution is -2.12. The molecule has 0 radical (unpaired) electrons. The molecule has 5 nitrogen and oxygen atoms in total. The summed E-state index contributed by atoms with van der Waals surface area (Å²) in [5.41, 5.74) is 4.30. The van der Waals surface area contributed by atoms with Gasteiger partial charge in [0.1, 0.15) is 5.65 Å². The van der Waals surface area contributed by atoms with Crippen molar-refractivity contribution >= 4 is 43.9 Å². The highest BCUT2D eigenvalue weighted by Crippen LogP contribution is 2.24. The van der Waals surface area contributed by atoms with E-state index in [-0.39, 0.29) is 4.90 Å². The summed E-state index contributed by atoms with van der Waals surface area (Å²) in [6.07, 6.45) is 3.93. The van der Waals surface area contributed by atoms with Crippen LogP contribution in [0, 0.1) is 10.5 Å². The van der Waals surface area contributed by atoms with Gasteiger partial charge in [0, 0.05) is 27.2 Å². The largest absolute Gasteiger partial charge is 0.306 e. The molecule has 0 atom stereocenters. The molecule has 136 valence electrons. The Morgan fingerprint density at radius 3 is 2.37 bits per heavy atom. The molecule has 0 bridgehead atoms. The molecular formula is C20H16IN3O2S. The van der Waals surface area contributed by atoms with Crippen LogP contribution in [0.15, 0.2) is 78.0 Å². The normalized spacial score (nSPS) is 11.6. The summed E-state index contributed by atoms with van der Waals surface area (Å²) in [5.74, 6) is 0. The molecule has 0 amide bonds. The molecule has 0 aliphatic carbocycles. The first kappa shape index (κ1) is 18.0. The highest BCUT2D eigenvalue weighted by Gasteiger charge is 2.14. The number of sulfonamides is 1. The van der Waals surface area contributed by atoms with Gasteiger partial charge < -0.3 is 4.40 Å². The minimum Gasteiger partial charge on any atom is -0.306 e.